The van der Waals surface area contributed by atoms with E-state index < -0.39 is 11.6 Å². The van der Waals surface area contributed by atoms with E-state index >= 15 is 0 Å². The van der Waals surface area contributed by atoms with Crippen LogP contribution in [-0.2, 0) is 0 Å². The number of rotatable bonds is 2. The highest BCUT2D eigenvalue weighted by molar-refractivity contribution is 5.93. The molecule has 1 heterocycles. The van der Waals surface area contributed by atoms with Crippen LogP contribution in [0.2, 0.25) is 0 Å². The van der Waals surface area contributed by atoms with Gasteiger partial charge in [0.05, 0.1) is 5.56 Å². The first kappa shape index (κ1) is 14.1. The molecule has 0 atom stereocenters. The molecule has 0 fully saturated rings. The van der Waals surface area contributed by atoms with Crippen molar-refractivity contribution in [1.82, 2.24) is 0 Å². The van der Waals surface area contributed by atoms with Gasteiger partial charge in [0, 0.05) is 17.5 Å². The van der Waals surface area contributed by atoms with Gasteiger partial charge in [-0.05, 0) is 49.2 Å². The minimum atomic E-state index is -0.439. The van der Waals surface area contributed by atoms with E-state index in [0.29, 0.717) is 16.9 Å². The summed E-state index contributed by atoms with van der Waals surface area (Å²) in [6.45, 7) is 3.82. The van der Waals surface area contributed by atoms with E-state index in [2.05, 4.69) is 0 Å². The second-order valence-corrected chi connectivity index (χ2v) is 5.09. The van der Waals surface area contributed by atoms with Gasteiger partial charge < -0.3 is 9.15 Å². The number of carbonyl (C=O) groups excluding carboxylic acids is 1. The fourth-order valence-electron chi connectivity index (χ4n) is 2.24. The smallest absolute Gasteiger partial charge is 0.343 e. The molecular weight excluding hydrogens is 280 g/mol. The zero-order chi connectivity index (χ0) is 15.7. The van der Waals surface area contributed by atoms with Crippen LogP contribution in [0, 0.1) is 13.8 Å². The summed E-state index contributed by atoms with van der Waals surface area (Å²) in [5.74, 6) is -0.0911. The molecule has 0 spiro atoms. The molecule has 1 aromatic heterocycles. The molecule has 0 saturated heterocycles. The van der Waals surface area contributed by atoms with E-state index in [1.165, 1.54) is 6.07 Å². The molecule has 0 aliphatic carbocycles. The number of ether oxygens (including phenoxy) is 1. The van der Waals surface area contributed by atoms with Gasteiger partial charge in [-0.2, -0.15) is 0 Å². The van der Waals surface area contributed by atoms with Crippen molar-refractivity contribution >= 4 is 16.9 Å². The van der Waals surface area contributed by atoms with Crippen molar-refractivity contribution in [3.8, 4) is 5.75 Å². The van der Waals surface area contributed by atoms with Crippen LogP contribution >= 0.6 is 0 Å². The number of aryl methyl sites for hydroxylation is 1. The molecule has 4 nitrogen and oxygen atoms in total. The molecule has 110 valence electrons. The summed E-state index contributed by atoms with van der Waals surface area (Å²) in [4.78, 5) is 23.5. The quantitative estimate of drug-likeness (QED) is 0.411. The van der Waals surface area contributed by atoms with Crippen LogP contribution in [0.1, 0.15) is 21.5 Å². The Morgan fingerprint density at radius 1 is 1.05 bits per heavy atom. The maximum Gasteiger partial charge on any atom is 0.343 e. The second-order valence-electron chi connectivity index (χ2n) is 5.09. The lowest BCUT2D eigenvalue weighted by atomic mass is 10.0. The van der Waals surface area contributed by atoms with Crippen molar-refractivity contribution in [2.24, 2.45) is 0 Å². The van der Waals surface area contributed by atoms with Crippen molar-refractivity contribution in [3.05, 3.63) is 75.6 Å². The van der Waals surface area contributed by atoms with Crippen LogP contribution in [0.4, 0.5) is 0 Å². The number of benzene rings is 2. The molecule has 0 amide bonds. The molecule has 0 aliphatic rings. The molecule has 0 unspecified atom stereocenters. The van der Waals surface area contributed by atoms with Crippen LogP contribution in [0.25, 0.3) is 11.0 Å². The Labute approximate surface area is 127 Å². The first-order chi connectivity index (χ1) is 10.5. The van der Waals surface area contributed by atoms with Gasteiger partial charge in [-0.15, -0.1) is 0 Å². The van der Waals surface area contributed by atoms with E-state index in [1.807, 2.05) is 26.0 Å². The van der Waals surface area contributed by atoms with Gasteiger partial charge in [0.1, 0.15) is 11.3 Å². The van der Waals surface area contributed by atoms with Gasteiger partial charge >= 0.3 is 11.6 Å². The highest BCUT2D eigenvalue weighted by atomic mass is 16.5. The van der Waals surface area contributed by atoms with Crippen LogP contribution in [0.3, 0.4) is 0 Å². The maximum atomic E-state index is 12.3. The Bertz CT molecular complexity index is 922. The number of hydrogen-bond acceptors (Lipinski definition) is 4. The molecular formula is C18H14O4. The van der Waals surface area contributed by atoms with Gasteiger partial charge in [0.2, 0.25) is 0 Å². The van der Waals surface area contributed by atoms with Crippen molar-refractivity contribution in [1.29, 1.82) is 0 Å². The minimum absolute atomic E-state index is 0.341. The SMILES string of the molecule is Cc1cccc(C(=O)Oc2ccc3ccc(=O)oc3c2)c1C. The van der Waals surface area contributed by atoms with Gasteiger partial charge in [-0.1, -0.05) is 12.1 Å². The van der Waals surface area contributed by atoms with Gasteiger partial charge in [0.25, 0.3) is 0 Å². The zero-order valence-electron chi connectivity index (χ0n) is 12.3. The molecule has 4 heteroatoms. The Hall–Kier alpha value is -2.88. The Balaban J connectivity index is 1.94. The average Bonchev–Trinajstić information content (AvgIpc) is 2.49. The predicted octanol–water partition coefficient (Wildman–Crippen LogP) is 3.63. The summed E-state index contributed by atoms with van der Waals surface area (Å²) in [5.41, 5.74) is 2.39. The third kappa shape index (κ3) is 2.63. The zero-order valence-corrected chi connectivity index (χ0v) is 12.3. The Kier molecular flexibility index (Phi) is 3.51. The van der Waals surface area contributed by atoms with E-state index in [-0.39, 0.29) is 0 Å². The summed E-state index contributed by atoms with van der Waals surface area (Å²) in [6, 6.07) is 13.5. The fourth-order valence-corrected chi connectivity index (χ4v) is 2.24. The topological polar surface area (TPSA) is 56.5 Å². The third-order valence-corrected chi connectivity index (χ3v) is 3.63. The largest absolute Gasteiger partial charge is 0.423 e. The molecule has 0 saturated carbocycles. The first-order valence-electron chi connectivity index (χ1n) is 6.87. The summed E-state index contributed by atoms with van der Waals surface area (Å²) in [6.07, 6.45) is 0. The normalized spacial score (nSPS) is 10.6. The molecule has 0 bridgehead atoms. The lowest BCUT2D eigenvalue weighted by molar-refractivity contribution is 0.0734. The molecule has 2 aromatic carbocycles. The third-order valence-electron chi connectivity index (χ3n) is 3.63. The molecule has 22 heavy (non-hydrogen) atoms. The highest BCUT2D eigenvalue weighted by Gasteiger charge is 2.13. The number of hydrogen-bond donors (Lipinski definition) is 0. The van der Waals surface area contributed by atoms with Crippen molar-refractivity contribution in [2.45, 2.75) is 13.8 Å². The average molecular weight is 294 g/mol. The van der Waals surface area contributed by atoms with Crippen LogP contribution < -0.4 is 10.4 Å². The van der Waals surface area contributed by atoms with Crippen molar-refractivity contribution in [2.75, 3.05) is 0 Å². The second kappa shape index (κ2) is 5.48. The number of esters is 1. The molecule has 0 aliphatic heterocycles. The summed E-state index contributed by atoms with van der Waals surface area (Å²) < 4.78 is 10.5. The van der Waals surface area contributed by atoms with Crippen molar-refractivity contribution < 1.29 is 13.9 Å². The monoisotopic (exact) mass is 294 g/mol. The summed E-state index contributed by atoms with van der Waals surface area (Å²) in [7, 11) is 0. The predicted molar refractivity (Wildman–Crippen MR) is 83.4 cm³/mol. The van der Waals surface area contributed by atoms with Gasteiger partial charge in [-0.3, -0.25) is 0 Å². The van der Waals surface area contributed by atoms with Crippen LogP contribution in [0.5, 0.6) is 5.75 Å². The summed E-state index contributed by atoms with van der Waals surface area (Å²) in [5, 5.41) is 0.770. The first-order valence-corrected chi connectivity index (χ1v) is 6.87. The Morgan fingerprint density at radius 2 is 1.82 bits per heavy atom. The molecule has 3 aromatic rings. The maximum absolute atomic E-state index is 12.3. The lowest BCUT2D eigenvalue weighted by Gasteiger charge is -2.09. The van der Waals surface area contributed by atoms with E-state index in [9.17, 15) is 9.59 Å². The lowest BCUT2D eigenvalue weighted by Crippen LogP contribution is -2.10. The van der Waals surface area contributed by atoms with E-state index in [0.717, 1.165) is 16.5 Å². The number of carbonyl (C=O) groups is 1. The highest BCUT2D eigenvalue weighted by Crippen LogP contribution is 2.21. The fraction of sp³-hybridized carbons (Fsp3) is 0.111. The molecule has 0 radical (unpaired) electrons. The standard InChI is InChI=1S/C18H14O4/c1-11-4-3-5-15(12(11)2)18(20)21-14-8-6-13-7-9-17(19)22-16(13)10-14/h3-10H,1-2H3. The minimum Gasteiger partial charge on any atom is -0.423 e. The van der Waals surface area contributed by atoms with E-state index in [1.54, 1.807) is 30.3 Å². The van der Waals surface area contributed by atoms with Crippen LogP contribution in [0.15, 0.2) is 57.7 Å². The van der Waals surface area contributed by atoms with Crippen molar-refractivity contribution in [3.63, 3.8) is 0 Å². The van der Waals surface area contributed by atoms with Gasteiger partial charge in [-0.25, -0.2) is 9.59 Å². The Morgan fingerprint density at radius 3 is 2.64 bits per heavy atom. The molecule has 3 rings (SSSR count). The summed E-state index contributed by atoms with van der Waals surface area (Å²) >= 11 is 0. The number of fused-ring (bicyclic) bond motifs is 1. The van der Waals surface area contributed by atoms with E-state index in [4.69, 9.17) is 9.15 Å². The van der Waals surface area contributed by atoms with Gasteiger partial charge in [0.15, 0.2) is 0 Å². The molecule has 0 N–H and O–H groups in total. The van der Waals surface area contributed by atoms with Crippen LogP contribution in [-0.4, -0.2) is 5.97 Å².